The molecule has 1 rings (SSSR count). The highest BCUT2D eigenvalue weighted by atomic mass is 32.2. The van der Waals surface area contributed by atoms with Crippen LogP contribution in [0, 0.1) is 11.3 Å². The molecule has 0 amide bonds. The molecule has 9 heteroatoms. The Hall–Kier alpha value is -0.440. The molecule has 0 bridgehead atoms. The lowest BCUT2D eigenvalue weighted by atomic mass is 9.82. The molecular formula is C9H13F5O3S. The lowest BCUT2D eigenvalue weighted by Crippen LogP contribution is -2.33. The molecule has 0 spiro atoms. The second-order valence-electron chi connectivity index (χ2n) is 4.95. The van der Waals surface area contributed by atoms with Gasteiger partial charge >= 0.3 is 15.6 Å². The van der Waals surface area contributed by atoms with Gasteiger partial charge in [-0.2, -0.15) is 21.6 Å². The summed E-state index contributed by atoms with van der Waals surface area (Å²) in [6.07, 6.45) is -1.17. The summed E-state index contributed by atoms with van der Waals surface area (Å²) in [7, 11) is -5.73. The van der Waals surface area contributed by atoms with E-state index in [1.165, 1.54) is 13.8 Å². The smallest absolute Gasteiger partial charge is 0.263 e. The van der Waals surface area contributed by atoms with E-state index in [1.807, 2.05) is 0 Å². The molecule has 0 aliphatic heterocycles. The molecule has 0 radical (unpaired) electrons. The summed E-state index contributed by atoms with van der Waals surface area (Å²) in [4.78, 5) is 0. The van der Waals surface area contributed by atoms with Crippen LogP contribution in [0.25, 0.3) is 0 Å². The van der Waals surface area contributed by atoms with E-state index in [2.05, 4.69) is 4.18 Å². The van der Waals surface area contributed by atoms with Gasteiger partial charge in [0.05, 0.1) is 6.61 Å². The van der Waals surface area contributed by atoms with Gasteiger partial charge in [0.2, 0.25) is 5.92 Å². The van der Waals surface area contributed by atoms with Crippen molar-refractivity contribution in [3.63, 3.8) is 0 Å². The molecule has 1 aliphatic rings. The van der Waals surface area contributed by atoms with Crippen molar-refractivity contribution in [1.82, 2.24) is 0 Å². The Balaban J connectivity index is 2.76. The molecule has 0 heterocycles. The lowest BCUT2D eigenvalue weighted by molar-refractivity contribution is -0.0579. The topological polar surface area (TPSA) is 43.4 Å². The molecule has 0 aromatic rings. The van der Waals surface area contributed by atoms with Crippen molar-refractivity contribution in [1.29, 1.82) is 0 Å². The number of halogens is 5. The zero-order valence-electron chi connectivity index (χ0n) is 9.72. The third-order valence-electron chi connectivity index (χ3n) is 3.28. The zero-order valence-corrected chi connectivity index (χ0v) is 10.5. The van der Waals surface area contributed by atoms with Crippen LogP contribution in [0.15, 0.2) is 0 Å². The van der Waals surface area contributed by atoms with Gasteiger partial charge in [0.1, 0.15) is 0 Å². The van der Waals surface area contributed by atoms with E-state index >= 15 is 0 Å². The van der Waals surface area contributed by atoms with Crippen LogP contribution in [0.5, 0.6) is 0 Å². The van der Waals surface area contributed by atoms with Crippen LogP contribution >= 0.6 is 0 Å². The standard InChI is InChI=1S/C9H13F5O3S/c1-6-3-8(10,11)4-7(6,2)5-17-18(15,16)9(12,13)14/h6H,3-5H2,1-2H3. The van der Waals surface area contributed by atoms with Gasteiger partial charge < -0.3 is 0 Å². The van der Waals surface area contributed by atoms with E-state index in [4.69, 9.17) is 0 Å². The summed E-state index contributed by atoms with van der Waals surface area (Å²) >= 11 is 0. The van der Waals surface area contributed by atoms with E-state index in [9.17, 15) is 30.4 Å². The zero-order chi connectivity index (χ0) is 14.4. The molecule has 2 unspecified atom stereocenters. The van der Waals surface area contributed by atoms with Gasteiger partial charge in [-0.15, -0.1) is 0 Å². The minimum atomic E-state index is -5.73. The average molecular weight is 296 g/mol. The van der Waals surface area contributed by atoms with Gasteiger partial charge in [0, 0.05) is 18.3 Å². The number of alkyl halides is 5. The predicted octanol–water partition coefficient (Wildman–Crippen LogP) is 2.92. The summed E-state index contributed by atoms with van der Waals surface area (Å²) in [6, 6.07) is 0. The number of rotatable bonds is 3. The second kappa shape index (κ2) is 4.29. The van der Waals surface area contributed by atoms with Crippen molar-refractivity contribution in [2.45, 2.75) is 38.1 Å². The van der Waals surface area contributed by atoms with Crippen molar-refractivity contribution in [2.24, 2.45) is 11.3 Å². The van der Waals surface area contributed by atoms with E-state index in [0.717, 1.165) is 0 Å². The highest BCUT2D eigenvalue weighted by Gasteiger charge is 2.54. The third-order valence-corrected chi connectivity index (χ3v) is 4.28. The fraction of sp³-hybridized carbons (Fsp3) is 1.00. The van der Waals surface area contributed by atoms with Gasteiger partial charge in [0.15, 0.2) is 0 Å². The Morgan fingerprint density at radius 1 is 1.33 bits per heavy atom. The minimum absolute atomic E-state index is 0.487. The number of hydrogen-bond donors (Lipinski definition) is 0. The van der Waals surface area contributed by atoms with Crippen LogP contribution in [0.4, 0.5) is 22.0 Å². The van der Waals surface area contributed by atoms with E-state index < -0.39 is 52.3 Å². The van der Waals surface area contributed by atoms with Crippen LogP contribution in [0.2, 0.25) is 0 Å². The molecule has 1 fully saturated rings. The summed E-state index contributed by atoms with van der Waals surface area (Å²) in [5, 5.41) is 0. The Labute approximate surface area is 101 Å². The lowest BCUT2D eigenvalue weighted by Gasteiger charge is -2.27. The van der Waals surface area contributed by atoms with E-state index in [0.29, 0.717) is 0 Å². The average Bonchev–Trinajstić information content (AvgIpc) is 2.31. The van der Waals surface area contributed by atoms with Crippen molar-refractivity contribution >= 4 is 10.1 Å². The number of hydrogen-bond acceptors (Lipinski definition) is 3. The predicted molar refractivity (Wildman–Crippen MR) is 52.4 cm³/mol. The highest BCUT2D eigenvalue weighted by molar-refractivity contribution is 7.87. The summed E-state index contributed by atoms with van der Waals surface area (Å²) in [6.45, 7) is 1.83. The van der Waals surface area contributed by atoms with E-state index in [1.54, 1.807) is 0 Å². The molecule has 3 nitrogen and oxygen atoms in total. The SMILES string of the molecule is CC1CC(F)(F)CC1(C)COS(=O)(=O)C(F)(F)F. The highest BCUT2D eigenvalue weighted by Crippen LogP contribution is 2.51. The van der Waals surface area contributed by atoms with E-state index in [-0.39, 0.29) is 0 Å². The maximum atomic E-state index is 13.1. The fourth-order valence-electron chi connectivity index (χ4n) is 2.00. The fourth-order valence-corrected chi connectivity index (χ4v) is 2.56. The quantitative estimate of drug-likeness (QED) is 0.457. The molecular weight excluding hydrogens is 283 g/mol. The van der Waals surface area contributed by atoms with Crippen LogP contribution in [-0.4, -0.2) is 26.5 Å². The van der Waals surface area contributed by atoms with Gasteiger partial charge in [-0.3, -0.25) is 4.18 Å². The molecule has 1 saturated carbocycles. The Morgan fingerprint density at radius 3 is 2.17 bits per heavy atom. The first-order chi connectivity index (χ1) is 7.79. The van der Waals surface area contributed by atoms with Crippen LogP contribution in [0.3, 0.4) is 0 Å². The Kier molecular flexibility index (Phi) is 3.72. The molecule has 0 saturated heterocycles. The largest absolute Gasteiger partial charge is 0.523 e. The molecule has 18 heavy (non-hydrogen) atoms. The third kappa shape index (κ3) is 3.11. The monoisotopic (exact) mass is 296 g/mol. The van der Waals surface area contributed by atoms with Crippen molar-refractivity contribution in [3.8, 4) is 0 Å². The van der Waals surface area contributed by atoms with Crippen LogP contribution in [-0.2, 0) is 14.3 Å². The van der Waals surface area contributed by atoms with Crippen molar-refractivity contribution in [2.75, 3.05) is 6.61 Å². The van der Waals surface area contributed by atoms with Crippen molar-refractivity contribution < 1.29 is 34.6 Å². The first-order valence-electron chi connectivity index (χ1n) is 5.13. The molecule has 0 N–H and O–H groups in total. The first kappa shape index (κ1) is 15.6. The summed E-state index contributed by atoms with van der Waals surface area (Å²) in [5.41, 5.74) is -6.82. The summed E-state index contributed by atoms with van der Waals surface area (Å²) < 4.78 is 87.5. The van der Waals surface area contributed by atoms with Crippen molar-refractivity contribution in [3.05, 3.63) is 0 Å². The summed E-state index contributed by atoms with van der Waals surface area (Å²) in [5.74, 6) is -3.63. The van der Waals surface area contributed by atoms with Gasteiger partial charge in [0.25, 0.3) is 0 Å². The molecule has 108 valence electrons. The maximum Gasteiger partial charge on any atom is 0.523 e. The molecule has 2 atom stereocenters. The maximum absolute atomic E-state index is 13.1. The molecule has 0 aromatic carbocycles. The molecule has 0 aromatic heterocycles. The van der Waals surface area contributed by atoms with Gasteiger partial charge in [-0.1, -0.05) is 13.8 Å². The minimum Gasteiger partial charge on any atom is -0.263 e. The van der Waals surface area contributed by atoms with Crippen LogP contribution < -0.4 is 0 Å². The Morgan fingerprint density at radius 2 is 1.83 bits per heavy atom. The van der Waals surface area contributed by atoms with Crippen LogP contribution in [0.1, 0.15) is 26.7 Å². The molecule has 1 aliphatic carbocycles. The van der Waals surface area contributed by atoms with Gasteiger partial charge in [-0.25, -0.2) is 8.78 Å². The normalized spacial score (nSPS) is 32.7. The first-order valence-corrected chi connectivity index (χ1v) is 6.53. The Bertz CT molecular complexity index is 416. The second-order valence-corrected chi connectivity index (χ2v) is 6.56. The van der Waals surface area contributed by atoms with Gasteiger partial charge in [-0.05, 0) is 5.92 Å².